The summed E-state index contributed by atoms with van der Waals surface area (Å²) in [5, 5.41) is 26.3. The Morgan fingerprint density at radius 3 is 2.61 bits per heavy atom. The topological polar surface area (TPSA) is 128 Å². The van der Waals surface area contributed by atoms with Gasteiger partial charge in [-0.15, -0.1) is 0 Å². The summed E-state index contributed by atoms with van der Waals surface area (Å²) in [4.78, 5) is 32.5. The number of fused-ring (bicyclic) bond motifs is 1. The van der Waals surface area contributed by atoms with E-state index in [1.807, 2.05) is 47.5 Å². The van der Waals surface area contributed by atoms with Gasteiger partial charge in [0.05, 0.1) is 17.7 Å². The zero-order valence-corrected chi connectivity index (χ0v) is 18.4. The molecule has 1 atom stereocenters. The SMILES string of the molecule is N#CC(C#N)=C(Nc1cccc2cc[nH]c12)N[C@H]1CCCCN(CC(=O)N2CCCC2)C1=O. The van der Waals surface area contributed by atoms with Crippen molar-refractivity contribution in [3.05, 3.63) is 41.9 Å². The lowest BCUT2D eigenvalue weighted by Crippen LogP contribution is -2.49. The lowest BCUT2D eigenvalue weighted by Gasteiger charge is -2.27. The smallest absolute Gasteiger partial charge is 0.245 e. The van der Waals surface area contributed by atoms with E-state index in [0.29, 0.717) is 18.7 Å². The molecule has 0 spiro atoms. The number of amides is 2. The second-order valence-electron chi connectivity index (χ2n) is 8.39. The molecular formula is C24H27N7O2. The molecule has 3 N–H and O–H groups in total. The van der Waals surface area contributed by atoms with Gasteiger partial charge in [-0.3, -0.25) is 9.59 Å². The molecule has 2 saturated heterocycles. The molecule has 0 radical (unpaired) electrons. The van der Waals surface area contributed by atoms with E-state index in [1.54, 1.807) is 4.90 Å². The van der Waals surface area contributed by atoms with E-state index in [9.17, 15) is 20.1 Å². The van der Waals surface area contributed by atoms with Crippen LogP contribution in [0.1, 0.15) is 32.1 Å². The first kappa shape index (κ1) is 22.2. The van der Waals surface area contributed by atoms with Crippen LogP contribution < -0.4 is 10.6 Å². The number of nitrogens with one attached hydrogen (secondary N) is 3. The maximum Gasteiger partial charge on any atom is 0.245 e. The first-order valence-corrected chi connectivity index (χ1v) is 11.3. The first-order valence-electron chi connectivity index (χ1n) is 11.3. The van der Waals surface area contributed by atoms with Crippen LogP contribution in [0.25, 0.3) is 10.9 Å². The number of nitrogens with zero attached hydrogens (tertiary/aromatic N) is 4. The van der Waals surface area contributed by atoms with Gasteiger partial charge in [0, 0.05) is 31.2 Å². The number of aromatic amines is 1. The fourth-order valence-corrected chi connectivity index (χ4v) is 4.43. The van der Waals surface area contributed by atoms with E-state index < -0.39 is 6.04 Å². The number of likely N-dealkylation sites (tertiary alicyclic amines) is 2. The van der Waals surface area contributed by atoms with Gasteiger partial charge in [-0.1, -0.05) is 12.1 Å². The minimum Gasteiger partial charge on any atom is -0.359 e. The third-order valence-corrected chi connectivity index (χ3v) is 6.20. The summed E-state index contributed by atoms with van der Waals surface area (Å²) in [6, 6.07) is 10.8. The summed E-state index contributed by atoms with van der Waals surface area (Å²) in [6.45, 7) is 2.08. The van der Waals surface area contributed by atoms with Crippen LogP contribution in [0.15, 0.2) is 41.9 Å². The third kappa shape index (κ3) is 4.93. The molecule has 0 saturated carbocycles. The predicted octanol–water partition coefficient (Wildman–Crippen LogP) is 2.43. The van der Waals surface area contributed by atoms with E-state index in [2.05, 4.69) is 15.6 Å². The van der Waals surface area contributed by atoms with Gasteiger partial charge >= 0.3 is 0 Å². The first-order chi connectivity index (χ1) is 16.1. The van der Waals surface area contributed by atoms with Crippen molar-refractivity contribution < 1.29 is 9.59 Å². The number of nitriles is 2. The highest BCUT2D eigenvalue weighted by atomic mass is 16.2. The second kappa shape index (κ2) is 10.1. The van der Waals surface area contributed by atoms with Gasteiger partial charge in [0.1, 0.15) is 24.0 Å². The molecule has 2 amide bonds. The van der Waals surface area contributed by atoms with Crippen molar-refractivity contribution in [2.24, 2.45) is 0 Å². The Morgan fingerprint density at radius 1 is 1.09 bits per heavy atom. The number of benzene rings is 1. The van der Waals surface area contributed by atoms with E-state index >= 15 is 0 Å². The number of hydrogen-bond acceptors (Lipinski definition) is 6. The number of aromatic nitrogens is 1. The van der Waals surface area contributed by atoms with Crippen LogP contribution in [0.4, 0.5) is 5.69 Å². The molecule has 1 aromatic carbocycles. The Kier molecular flexibility index (Phi) is 6.80. The maximum atomic E-state index is 13.3. The van der Waals surface area contributed by atoms with Gasteiger partial charge in [-0.2, -0.15) is 10.5 Å². The van der Waals surface area contributed by atoms with Crippen LogP contribution in [0.5, 0.6) is 0 Å². The molecule has 9 heteroatoms. The van der Waals surface area contributed by atoms with Crippen LogP contribution >= 0.6 is 0 Å². The van der Waals surface area contributed by atoms with Gasteiger partial charge in [0.15, 0.2) is 5.57 Å². The van der Waals surface area contributed by atoms with E-state index in [4.69, 9.17) is 0 Å². The molecule has 2 aliphatic heterocycles. The average Bonchev–Trinajstić information content (AvgIpc) is 3.50. The number of carbonyl (C=O) groups excluding carboxylic acids is 2. The highest BCUT2D eigenvalue weighted by Crippen LogP contribution is 2.24. The molecule has 2 aromatic rings. The van der Waals surface area contributed by atoms with E-state index in [-0.39, 0.29) is 29.8 Å². The molecule has 0 aliphatic carbocycles. The van der Waals surface area contributed by atoms with Crippen molar-refractivity contribution in [2.75, 3.05) is 31.5 Å². The minimum atomic E-state index is -0.638. The number of carbonyl (C=O) groups is 2. The summed E-state index contributed by atoms with van der Waals surface area (Å²) in [5.74, 6) is -0.0237. The zero-order valence-electron chi connectivity index (χ0n) is 18.4. The van der Waals surface area contributed by atoms with Crippen LogP contribution in [-0.4, -0.2) is 58.8 Å². The van der Waals surface area contributed by atoms with Gasteiger partial charge in [0.25, 0.3) is 0 Å². The molecule has 170 valence electrons. The largest absolute Gasteiger partial charge is 0.359 e. The summed E-state index contributed by atoms with van der Waals surface area (Å²) in [6.07, 6.45) is 5.97. The quantitative estimate of drug-likeness (QED) is 0.586. The molecule has 0 bridgehead atoms. The molecule has 9 nitrogen and oxygen atoms in total. The van der Waals surface area contributed by atoms with Crippen LogP contribution in [0.3, 0.4) is 0 Å². The summed E-state index contributed by atoms with van der Waals surface area (Å²) in [5.41, 5.74) is 1.37. The minimum absolute atomic E-state index is 0.0245. The van der Waals surface area contributed by atoms with Crippen LogP contribution in [0.2, 0.25) is 0 Å². The highest BCUT2D eigenvalue weighted by Gasteiger charge is 2.31. The normalized spacial score (nSPS) is 18.4. The number of anilines is 1. The molecule has 3 heterocycles. The monoisotopic (exact) mass is 445 g/mol. The Morgan fingerprint density at radius 2 is 1.85 bits per heavy atom. The standard InChI is InChI=1S/C24H27N7O2/c25-14-18(15-26)23(28-19-8-5-6-17-9-10-27-22(17)19)29-20-7-1-2-13-31(24(20)33)16-21(32)30-11-3-4-12-30/h5-6,8-10,20,27-29H,1-4,7,11-13,16H2/t20-/m0/s1. The molecule has 0 unspecified atom stereocenters. The van der Waals surface area contributed by atoms with Crippen molar-refractivity contribution in [3.63, 3.8) is 0 Å². The summed E-state index contributed by atoms with van der Waals surface area (Å²) < 4.78 is 0. The Bertz CT molecular complexity index is 1130. The van der Waals surface area contributed by atoms with Crippen molar-refractivity contribution in [2.45, 2.75) is 38.1 Å². The molecular weight excluding hydrogens is 418 g/mol. The predicted molar refractivity (Wildman–Crippen MR) is 123 cm³/mol. The third-order valence-electron chi connectivity index (χ3n) is 6.20. The van der Waals surface area contributed by atoms with Crippen molar-refractivity contribution >= 4 is 28.4 Å². The summed E-state index contributed by atoms with van der Waals surface area (Å²) in [7, 11) is 0. The van der Waals surface area contributed by atoms with Crippen molar-refractivity contribution in [1.29, 1.82) is 10.5 Å². The van der Waals surface area contributed by atoms with Gasteiger partial charge < -0.3 is 25.4 Å². The number of H-pyrrole nitrogens is 1. The maximum absolute atomic E-state index is 13.3. The Labute approximate surface area is 192 Å². The van der Waals surface area contributed by atoms with Crippen LogP contribution in [0, 0.1) is 22.7 Å². The zero-order chi connectivity index (χ0) is 23.2. The summed E-state index contributed by atoms with van der Waals surface area (Å²) >= 11 is 0. The Hall–Kier alpha value is -3.98. The number of allylic oxidation sites excluding steroid dienone is 1. The van der Waals surface area contributed by atoms with Crippen molar-refractivity contribution in [3.8, 4) is 12.1 Å². The second-order valence-corrected chi connectivity index (χ2v) is 8.39. The number of rotatable bonds is 6. The van der Waals surface area contributed by atoms with Crippen LogP contribution in [-0.2, 0) is 9.59 Å². The number of hydrogen-bond donors (Lipinski definition) is 3. The molecule has 4 rings (SSSR count). The fourth-order valence-electron chi connectivity index (χ4n) is 4.43. The lowest BCUT2D eigenvalue weighted by atomic mass is 10.1. The Balaban J connectivity index is 1.54. The molecule has 33 heavy (non-hydrogen) atoms. The number of para-hydroxylation sites is 1. The van der Waals surface area contributed by atoms with E-state index in [0.717, 1.165) is 49.7 Å². The van der Waals surface area contributed by atoms with Gasteiger partial charge in [-0.25, -0.2) is 0 Å². The molecule has 2 aliphatic rings. The van der Waals surface area contributed by atoms with Gasteiger partial charge in [-0.05, 0) is 44.2 Å². The van der Waals surface area contributed by atoms with E-state index in [1.165, 1.54) is 0 Å². The average molecular weight is 446 g/mol. The fraction of sp³-hybridized carbons (Fsp3) is 0.417. The van der Waals surface area contributed by atoms with Crippen molar-refractivity contribution in [1.82, 2.24) is 20.1 Å². The highest BCUT2D eigenvalue weighted by molar-refractivity contribution is 5.92. The lowest BCUT2D eigenvalue weighted by molar-refractivity contribution is -0.140. The molecule has 1 aromatic heterocycles. The van der Waals surface area contributed by atoms with Gasteiger partial charge in [0.2, 0.25) is 11.8 Å². The molecule has 2 fully saturated rings.